The third-order valence-corrected chi connectivity index (χ3v) is 13.4. The molecule has 0 unspecified atom stereocenters. The Kier molecular flexibility index (Phi) is 6.67. The number of hydrogen-bond acceptors (Lipinski definition) is 4. The summed E-state index contributed by atoms with van der Waals surface area (Å²) in [6, 6.07) is 63.5. The van der Waals surface area contributed by atoms with Crippen molar-refractivity contribution in [3.05, 3.63) is 176 Å². The highest BCUT2D eigenvalue weighted by molar-refractivity contribution is 7.26. The van der Waals surface area contributed by atoms with Gasteiger partial charge in [0.1, 0.15) is 0 Å². The van der Waals surface area contributed by atoms with E-state index in [2.05, 4.69) is 180 Å². The Morgan fingerprint density at radius 3 is 1.93 bits per heavy atom. The lowest BCUT2D eigenvalue weighted by Gasteiger charge is -2.10. The van der Waals surface area contributed by atoms with E-state index in [1.165, 1.54) is 79.7 Å². The van der Waals surface area contributed by atoms with Crippen molar-refractivity contribution in [3.63, 3.8) is 0 Å². The van der Waals surface area contributed by atoms with Crippen LogP contribution in [0.4, 0.5) is 0 Å². The summed E-state index contributed by atoms with van der Waals surface area (Å²) in [5, 5.41) is 8.71. The molecule has 256 valence electrons. The van der Waals surface area contributed by atoms with Crippen molar-refractivity contribution in [1.82, 2.24) is 14.5 Å². The van der Waals surface area contributed by atoms with Crippen molar-refractivity contribution in [2.24, 2.45) is 0 Å². The van der Waals surface area contributed by atoms with Crippen LogP contribution in [0.3, 0.4) is 0 Å². The van der Waals surface area contributed by atoms with E-state index in [0.717, 1.165) is 32.9 Å². The highest BCUT2D eigenvalue weighted by Gasteiger charge is 2.20. The van der Waals surface area contributed by atoms with Gasteiger partial charge in [-0.05, 0) is 58.3 Å². The van der Waals surface area contributed by atoms with Crippen LogP contribution in [0.5, 0.6) is 0 Å². The van der Waals surface area contributed by atoms with E-state index in [1.54, 1.807) is 11.3 Å². The van der Waals surface area contributed by atoms with Crippen LogP contribution in [-0.4, -0.2) is 14.5 Å². The van der Waals surface area contributed by atoms with Crippen LogP contribution in [0.1, 0.15) is 0 Å². The van der Waals surface area contributed by atoms with E-state index < -0.39 is 0 Å². The standard InChI is InChI=1S/C50H29N3S2/c1-2-11-30(12-3-1)31-21-23-32(24-22-31)46-49-47(39-16-7-9-20-44(39)54-49)52-50(51-46)35-25-26-37-38-17-10-19-42(48(38)55-45(37)29-35)53-41-18-8-6-15-36(41)40-27-33-13-4-5-14-34(33)28-43(40)53/h1-29H. The van der Waals surface area contributed by atoms with E-state index in [1.807, 2.05) is 11.3 Å². The lowest BCUT2D eigenvalue weighted by atomic mass is 10.0. The molecule has 0 aliphatic rings. The number of thiophene rings is 2. The van der Waals surface area contributed by atoms with Gasteiger partial charge in [0, 0.05) is 47.5 Å². The zero-order chi connectivity index (χ0) is 36.0. The van der Waals surface area contributed by atoms with Gasteiger partial charge in [0.25, 0.3) is 0 Å². The average molecular weight is 736 g/mol. The van der Waals surface area contributed by atoms with E-state index in [9.17, 15) is 0 Å². The van der Waals surface area contributed by atoms with Crippen molar-refractivity contribution in [2.75, 3.05) is 0 Å². The Morgan fingerprint density at radius 1 is 0.382 bits per heavy atom. The molecule has 0 spiro atoms. The summed E-state index contributed by atoms with van der Waals surface area (Å²) in [4.78, 5) is 10.6. The van der Waals surface area contributed by atoms with Crippen LogP contribution >= 0.6 is 22.7 Å². The number of rotatable bonds is 4. The van der Waals surface area contributed by atoms with Crippen LogP contribution < -0.4 is 0 Å². The fourth-order valence-corrected chi connectivity index (χ4v) is 10.8. The first-order valence-electron chi connectivity index (χ1n) is 18.5. The molecule has 0 radical (unpaired) electrons. The molecule has 0 aliphatic carbocycles. The maximum atomic E-state index is 5.35. The summed E-state index contributed by atoms with van der Waals surface area (Å²) in [7, 11) is 0. The molecular weight excluding hydrogens is 707 g/mol. The zero-order valence-corrected chi connectivity index (χ0v) is 31.0. The second-order valence-corrected chi connectivity index (χ2v) is 16.3. The monoisotopic (exact) mass is 735 g/mol. The SMILES string of the molecule is c1ccc(-c2ccc(-c3nc(-c4ccc5c(c4)sc4c(-n6c7ccccc7c7cc8ccccc8cc76)cccc45)nc4c3sc3ccccc34)cc2)cc1. The molecule has 0 saturated carbocycles. The summed E-state index contributed by atoms with van der Waals surface area (Å²) >= 11 is 3.62. The smallest absolute Gasteiger partial charge is 0.160 e. The summed E-state index contributed by atoms with van der Waals surface area (Å²) in [5.74, 6) is 0.743. The van der Waals surface area contributed by atoms with Gasteiger partial charge in [0.15, 0.2) is 5.82 Å². The Balaban J connectivity index is 1.05. The van der Waals surface area contributed by atoms with Crippen LogP contribution in [0.25, 0.3) is 113 Å². The summed E-state index contributed by atoms with van der Waals surface area (Å²) in [6.07, 6.45) is 0. The maximum absolute atomic E-state index is 5.35. The van der Waals surface area contributed by atoms with E-state index >= 15 is 0 Å². The molecule has 4 heterocycles. The minimum Gasteiger partial charge on any atom is -0.308 e. The number of nitrogens with zero attached hydrogens (tertiary/aromatic N) is 3. The van der Waals surface area contributed by atoms with Crippen molar-refractivity contribution < 1.29 is 0 Å². The lowest BCUT2D eigenvalue weighted by Crippen LogP contribution is -1.94. The van der Waals surface area contributed by atoms with Crippen molar-refractivity contribution in [1.29, 1.82) is 0 Å². The van der Waals surface area contributed by atoms with Gasteiger partial charge < -0.3 is 4.57 Å². The van der Waals surface area contributed by atoms with Crippen LogP contribution in [-0.2, 0) is 0 Å². The van der Waals surface area contributed by atoms with E-state index in [0.29, 0.717) is 0 Å². The van der Waals surface area contributed by atoms with Gasteiger partial charge in [-0.25, -0.2) is 9.97 Å². The zero-order valence-electron chi connectivity index (χ0n) is 29.4. The number of aromatic nitrogens is 3. The molecule has 12 rings (SSSR count). The molecule has 3 nitrogen and oxygen atoms in total. The summed E-state index contributed by atoms with van der Waals surface area (Å²) < 4.78 is 7.29. The second-order valence-electron chi connectivity index (χ2n) is 14.2. The Labute approximate surface area is 324 Å². The third-order valence-electron chi connectivity index (χ3n) is 11.0. The molecular formula is C50H29N3S2. The van der Waals surface area contributed by atoms with Gasteiger partial charge in [-0.15, -0.1) is 22.7 Å². The molecule has 0 fully saturated rings. The molecule has 4 aromatic heterocycles. The molecule has 0 saturated heterocycles. The first kappa shape index (κ1) is 30.8. The second kappa shape index (κ2) is 11.9. The van der Waals surface area contributed by atoms with Crippen LogP contribution in [0.15, 0.2) is 176 Å². The lowest BCUT2D eigenvalue weighted by molar-refractivity contribution is 1.20. The molecule has 0 amide bonds. The average Bonchev–Trinajstić information content (AvgIpc) is 3.92. The summed E-state index contributed by atoms with van der Waals surface area (Å²) in [6.45, 7) is 0. The summed E-state index contributed by atoms with van der Waals surface area (Å²) in [5.41, 5.74) is 10.1. The largest absolute Gasteiger partial charge is 0.308 e. The van der Waals surface area contributed by atoms with E-state index in [-0.39, 0.29) is 0 Å². The molecule has 0 aliphatic heterocycles. The van der Waals surface area contributed by atoms with E-state index in [4.69, 9.17) is 9.97 Å². The minimum absolute atomic E-state index is 0.743. The number of hydrogen-bond donors (Lipinski definition) is 0. The van der Waals surface area contributed by atoms with Crippen molar-refractivity contribution >= 4 is 95.7 Å². The molecule has 55 heavy (non-hydrogen) atoms. The quantitative estimate of drug-likeness (QED) is 0.180. The fourth-order valence-electron chi connectivity index (χ4n) is 8.38. The van der Waals surface area contributed by atoms with Gasteiger partial charge in [-0.1, -0.05) is 140 Å². The van der Waals surface area contributed by atoms with Crippen molar-refractivity contribution in [2.45, 2.75) is 0 Å². The molecule has 0 N–H and O–H groups in total. The highest BCUT2D eigenvalue weighted by Crippen LogP contribution is 2.44. The predicted molar refractivity (Wildman–Crippen MR) is 236 cm³/mol. The molecule has 0 bridgehead atoms. The fraction of sp³-hybridized carbons (Fsp3) is 0. The number of fused-ring (bicyclic) bond motifs is 10. The highest BCUT2D eigenvalue weighted by atomic mass is 32.1. The first-order valence-corrected chi connectivity index (χ1v) is 20.1. The molecule has 5 heteroatoms. The van der Waals surface area contributed by atoms with Gasteiger partial charge >= 0.3 is 0 Å². The van der Waals surface area contributed by atoms with Gasteiger partial charge in [-0.3, -0.25) is 0 Å². The number of para-hydroxylation sites is 1. The normalized spacial score (nSPS) is 12.0. The molecule has 8 aromatic carbocycles. The van der Waals surface area contributed by atoms with Crippen molar-refractivity contribution in [3.8, 4) is 39.5 Å². The third kappa shape index (κ3) is 4.74. The topological polar surface area (TPSA) is 30.7 Å². The minimum atomic E-state index is 0.743. The Morgan fingerprint density at radius 2 is 1.05 bits per heavy atom. The maximum Gasteiger partial charge on any atom is 0.160 e. The predicted octanol–water partition coefficient (Wildman–Crippen LogP) is 14.5. The van der Waals surface area contributed by atoms with Crippen LogP contribution in [0, 0.1) is 0 Å². The first-order chi connectivity index (χ1) is 27.2. The van der Waals surface area contributed by atoms with Gasteiger partial charge in [0.05, 0.1) is 37.3 Å². The van der Waals surface area contributed by atoms with Crippen LogP contribution in [0.2, 0.25) is 0 Å². The Bertz CT molecular complexity index is 3480. The van der Waals surface area contributed by atoms with Gasteiger partial charge in [-0.2, -0.15) is 0 Å². The van der Waals surface area contributed by atoms with Gasteiger partial charge in [0.2, 0.25) is 0 Å². The number of benzene rings is 8. The molecule has 0 atom stereocenters. The Hall–Kier alpha value is -6.66. The molecule has 12 aromatic rings.